The molecule has 2 aromatic rings. The number of carbonyl (C=O) groups is 1. The number of thiophene rings is 1. The van der Waals surface area contributed by atoms with Crippen LogP contribution < -0.4 is 4.90 Å². The van der Waals surface area contributed by atoms with Crippen molar-refractivity contribution in [3.8, 4) is 0 Å². The van der Waals surface area contributed by atoms with Gasteiger partial charge in [0, 0.05) is 11.0 Å². The van der Waals surface area contributed by atoms with Crippen LogP contribution in [0.2, 0.25) is 10.0 Å². The van der Waals surface area contributed by atoms with Crippen LogP contribution in [-0.2, 0) is 4.79 Å². The molecule has 2 aliphatic rings. The Morgan fingerprint density at radius 3 is 2.80 bits per heavy atom. The fourth-order valence-corrected chi connectivity index (χ4v) is 3.71. The minimum absolute atomic E-state index is 0.141. The van der Waals surface area contributed by atoms with E-state index in [9.17, 15) is 4.79 Å². The van der Waals surface area contributed by atoms with E-state index in [1.807, 2.05) is 41.1 Å². The SMILES string of the molecule is O=C1C(=Nc2ccc(Cl)c(Cl)c2)C2=CCC=CC=C2N1c1ccsc1. The second-order valence-corrected chi connectivity index (χ2v) is 7.11. The van der Waals surface area contributed by atoms with Crippen molar-refractivity contribution in [2.45, 2.75) is 6.42 Å². The molecule has 1 saturated heterocycles. The molecule has 1 aromatic carbocycles. The van der Waals surface area contributed by atoms with Crippen LogP contribution in [0.25, 0.3) is 0 Å². The van der Waals surface area contributed by atoms with Crippen molar-refractivity contribution in [3.63, 3.8) is 0 Å². The molecular weight excluding hydrogens is 375 g/mol. The Labute approximate surface area is 159 Å². The van der Waals surface area contributed by atoms with Crippen molar-refractivity contribution in [1.29, 1.82) is 0 Å². The van der Waals surface area contributed by atoms with E-state index >= 15 is 0 Å². The number of nitrogens with zero attached hydrogens (tertiary/aromatic N) is 2. The molecule has 2 heterocycles. The molecule has 25 heavy (non-hydrogen) atoms. The molecule has 3 nitrogen and oxygen atoms in total. The molecule has 0 atom stereocenters. The fraction of sp³-hybridized carbons (Fsp3) is 0.0526. The van der Waals surface area contributed by atoms with Crippen LogP contribution in [0.3, 0.4) is 0 Å². The Morgan fingerprint density at radius 1 is 1.16 bits per heavy atom. The lowest BCUT2D eigenvalue weighted by atomic mass is 10.1. The number of hydrogen-bond donors (Lipinski definition) is 0. The third-order valence-corrected chi connectivity index (χ3v) is 5.34. The first-order chi connectivity index (χ1) is 12.1. The Balaban J connectivity index is 1.85. The average Bonchev–Trinajstić information content (AvgIpc) is 3.12. The largest absolute Gasteiger partial charge is 0.282 e. The maximum atomic E-state index is 13.1. The minimum Gasteiger partial charge on any atom is -0.274 e. The van der Waals surface area contributed by atoms with E-state index in [1.165, 1.54) is 0 Å². The molecule has 0 N–H and O–H groups in total. The molecule has 0 spiro atoms. The molecule has 124 valence electrons. The summed E-state index contributed by atoms with van der Waals surface area (Å²) in [6.45, 7) is 0. The third kappa shape index (κ3) is 2.97. The summed E-state index contributed by atoms with van der Waals surface area (Å²) in [5.74, 6) is -0.141. The van der Waals surface area contributed by atoms with E-state index in [-0.39, 0.29) is 5.91 Å². The zero-order valence-corrected chi connectivity index (χ0v) is 15.3. The predicted octanol–water partition coefficient (Wildman–Crippen LogP) is 5.94. The van der Waals surface area contributed by atoms with Crippen LogP contribution in [0.1, 0.15) is 6.42 Å². The Hall–Kier alpha value is -2.14. The minimum atomic E-state index is -0.141. The summed E-state index contributed by atoms with van der Waals surface area (Å²) < 4.78 is 0. The molecule has 1 aromatic heterocycles. The number of halogens is 2. The van der Waals surface area contributed by atoms with Crippen LogP contribution in [0.4, 0.5) is 11.4 Å². The number of rotatable bonds is 2. The van der Waals surface area contributed by atoms with E-state index in [4.69, 9.17) is 23.2 Å². The van der Waals surface area contributed by atoms with Crippen molar-refractivity contribution in [3.05, 3.63) is 80.6 Å². The first-order valence-corrected chi connectivity index (χ1v) is 9.33. The lowest BCUT2D eigenvalue weighted by Gasteiger charge is -2.14. The molecular formula is C19H12Cl2N2OS. The van der Waals surface area contributed by atoms with E-state index in [1.54, 1.807) is 34.4 Å². The van der Waals surface area contributed by atoms with Crippen LogP contribution in [0, 0.1) is 0 Å². The van der Waals surface area contributed by atoms with E-state index in [0.29, 0.717) is 21.4 Å². The number of anilines is 1. The van der Waals surface area contributed by atoms with Gasteiger partial charge in [-0.25, -0.2) is 4.99 Å². The second-order valence-electron chi connectivity index (χ2n) is 5.51. The molecule has 0 bridgehead atoms. The molecule has 1 aliphatic heterocycles. The number of aliphatic imine (C=N–C) groups is 1. The van der Waals surface area contributed by atoms with E-state index in [0.717, 1.165) is 23.4 Å². The fourth-order valence-electron chi connectivity index (χ4n) is 2.79. The van der Waals surface area contributed by atoms with Crippen LogP contribution in [-0.4, -0.2) is 11.6 Å². The van der Waals surface area contributed by atoms with Crippen molar-refractivity contribution in [1.82, 2.24) is 0 Å². The Kier molecular flexibility index (Phi) is 4.34. The molecule has 1 amide bonds. The quantitative estimate of drug-likeness (QED) is 0.627. The van der Waals surface area contributed by atoms with Gasteiger partial charge in [-0.05, 0) is 42.1 Å². The van der Waals surface area contributed by atoms with Gasteiger partial charge in [-0.1, -0.05) is 41.4 Å². The van der Waals surface area contributed by atoms with Gasteiger partial charge in [-0.2, -0.15) is 11.3 Å². The highest BCUT2D eigenvalue weighted by Gasteiger charge is 2.38. The summed E-state index contributed by atoms with van der Waals surface area (Å²) in [5.41, 5.74) is 3.55. The van der Waals surface area contributed by atoms with Crippen molar-refractivity contribution in [2.24, 2.45) is 4.99 Å². The first-order valence-electron chi connectivity index (χ1n) is 7.63. The number of amides is 1. The lowest BCUT2D eigenvalue weighted by Crippen LogP contribution is -2.25. The molecule has 6 heteroatoms. The van der Waals surface area contributed by atoms with E-state index in [2.05, 4.69) is 4.99 Å². The van der Waals surface area contributed by atoms with Gasteiger partial charge < -0.3 is 0 Å². The second kappa shape index (κ2) is 6.64. The number of benzene rings is 1. The van der Waals surface area contributed by atoms with Gasteiger partial charge in [0.15, 0.2) is 0 Å². The average molecular weight is 387 g/mol. The summed E-state index contributed by atoms with van der Waals surface area (Å²) in [4.78, 5) is 19.4. The molecule has 4 rings (SSSR count). The maximum Gasteiger partial charge on any atom is 0.282 e. The van der Waals surface area contributed by atoms with Gasteiger partial charge in [-0.15, -0.1) is 0 Å². The van der Waals surface area contributed by atoms with Crippen LogP contribution >= 0.6 is 34.5 Å². The summed E-state index contributed by atoms with van der Waals surface area (Å²) in [5, 5.41) is 4.78. The van der Waals surface area contributed by atoms with Crippen LogP contribution in [0.5, 0.6) is 0 Å². The summed E-state index contributed by atoms with van der Waals surface area (Å²) in [7, 11) is 0. The monoisotopic (exact) mass is 386 g/mol. The van der Waals surface area contributed by atoms with Crippen LogP contribution in [0.15, 0.2) is 75.6 Å². The normalized spacial score (nSPS) is 18.2. The molecule has 1 fully saturated rings. The van der Waals surface area contributed by atoms with Gasteiger partial charge in [-0.3, -0.25) is 9.69 Å². The number of fused-ring (bicyclic) bond motifs is 1. The standard InChI is InChI=1S/C19H12Cl2N2OS/c20-15-7-6-12(10-16(15)21)22-18-14-4-2-1-3-5-17(14)23(19(18)24)13-8-9-25-11-13/h1,3-11H,2H2. The molecule has 0 unspecified atom stereocenters. The predicted molar refractivity (Wildman–Crippen MR) is 105 cm³/mol. The maximum absolute atomic E-state index is 13.1. The van der Waals surface area contributed by atoms with Gasteiger partial charge in [0.2, 0.25) is 0 Å². The van der Waals surface area contributed by atoms with Gasteiger partial charge in [0.25, 0.3) is 5.91 Å². The number of hydrogen-bond acceptors (Lipinski definition) is 3. The Morgan fingerprint density at radius 2 is 2.04 bits per heavy atom. The Bertz CT molecular complexity index is 971. The summed E-state index contributed by atoms with van der Waals surface area (Å²) in [6, 6.07) is 7.02. The van der Waals surface area contributed by atoms with Crippen molar-refractivity contribution >= 4 is 57.5 Å². The zero-order valence-electron chi connectivity index (χ0n) is 12.9. The van der Waals surface area contributed by atoms with Gasteiger partial charge in [0.1, 0.15) is 5.71 Å². The highest BCUT2D eigenvalue weighted by atomic mass is 35.5. The molecule has 0 saturated carbocycles. The number of carbonyl (C=O) groups excluding carboxylic acids is 1. The van der Waals surface area contributed by atoms with Crippen molar-refractivity contribution < 1.29 is 4.79 Å². The third-order valence-electron chi connectivity index (χ3n) is 3.93. The molecule has 0 radical (unpaired) electrons. The highest BCUT2D eigenvalue weighted by molar-refractivity contribution is 7.08. The van der Waals surface area contributed by atoms with Gasteiger partial charge in [0.05, 0.1) is 27.1 Å². The summed E-state index contributed by atoms with van der Waals surface area (Å²) in [6.07, 6.45) is 8.74. The van der Waals surface area contributed by atoms with Gasteiger partial charge >= 0.3 is 0 Å². The smallest absolute Gasteiger partial charge is 0.274 e. The highest BCUT2D eigenvalue weighted by Crippen LogP contribution is 2.36. The lowest BCUT2D eigenvalue weighted by molar-refractivity contribution is -0.111. The first kappa shape index (κ1) is 16.3. The molecule has 1 aliphatic carbocycles. The zero-order chi connectivity index (χ0) is 17.4. The van der Waals surface area contributed by atoms with E-state index < -0.39 is 0 Å². The topological polar surface area (TPSA) is 32.7 Å². The summed E-state index contributed by atoms with van der Waals surface area (Å²) >= 11 is 13.6. The van der Waals surface area contributed by atoms with Crippen molar-refractivity contribution in [2.75, 3.05) is 4.90 Å². The number of allylic oxidation sites excluding steroid dienone is 5.